The molecule has 0 saturated heterocycles. The highest BCUT2D eigenvalue weighted by molar-refractivity contribution is 5.31. The second-order valence-electron chi connectivity index (χ2n) is 5.46. The molecule has 1 aromatic rings. The SMILES string of the molecule is CCOc1ccc(OCC2(CN)CCCCC2)cc1. The van der Waals surface area contributed by atoms with E-state index in [1.807, 2.05) is 31.2 Å². The lowest BCUT2D eigenvalue weighted by molar-refractivity contribution is 0.105. The van der Waals surface area contributed by atoms with E-state index in [0.717, 1.165) is 24.7 Å². The third-order valence-electron chi connectivity index (χ3n) is 4.03. The Kier molecular flexibility index (Phi) is 5.08. The average Bonchev–Trinajstić information content (AvgIpc) is 2.48. The van der Waals surface area contributed by atoms with Gasteiger partial charge in [-0.3, -0.25) is 0 Å². The van der Waals surface area contributed by atoms with Gasteiger partial charge in [0.2, 0.25) is 0 Å². The van der Waals surface area contributed by atoms with Crippen LogP contribution < -0.4 is 15.2 Å². The Morgan fingerprint density at radius 1 is 1.00 bits per heavy atom. The molecule has 3 nitrogen and oxygen atoms in total. The van der Waals surface area contributed by atoms with Crippen LogP contribution >= 0.6 is 0 Å². The highest BCUT2D eigenvalue weighted by Crippen LogP contribution is 2.36. The van der Waals surface area contributed by atoms with Gasteiger partial charge in [-0.05, 0) is 44.0 Å². The van der Waals surface area contributed by atoms with E-state index in [1.165, 1.54) is 32.1 Å². The molecule has 1 saturated carbocycles. The van der Waals surface area contributed by atoms with Gasteiger partial charge in [-0.2, -0.15) is 0 Å². The van der Waals surface area contributed by atoms with Crippen LogP contribution in [0.1, 0.15) is 39.0 Å². The molecule has 3 heteroatoms. The van der Waals surface area contributed by atoms with Gasteiger partial charge in [0.25, 0.3) is 0 Å². The first kappa shape index (κ1) is 14.2. The highest BCUT2D eigenvalue weighted by atomic mass is 16.5. The monoisotopic (exact) mass is 263 g/mol. The fourth-order valence-corrected chi connectivity index (χ4v) is 2.74. The normalized spacial score (nSPS) is 18.0. The molecular formula is C16H25NO2. The molecule has 1 fully saturated rings. The predicted molar refractivity (Wildman–Crippen MR) is 77.7 cm³/mol. The summed E-state index contributed by atoms with van der Waals surface area (Å²) in [5.74, 6) is 1.79. The molecule has 0 amide bonds. The maximum atomic E-state index is 5.97. The van der Waals surface area contributed by atoms with E-state index in [4.69, 9.17) is 15.2 Å². The summed E-state index contributed by atoms with van der Waals surface area (Å²) in [6.45, 7) is 4.14. The molecule has 0 bridgehead atoms. The van der Waals surface area contributed by atoms with E-state index < -0.39 is 0 Å². The zero-order valence-corrected chi connectivity index (χ0v) is 11.9. The van der Waals surface area contributed by atoms with Crippen LogP contribution in [0, 0.1) is 5.41 Å². The first-order valence-electron chi connectivity index (χ1n) is 7.34. The first-order chi connectivity index (χ1) is 9.28. The Morgan fingerprint density at radius 2 is 1.58 bits per heavy atom. The molecule has 106 valence electrons. The van der Waals surface area contributed by atoms with Crippen LogP contribution in [-0.2, 0) is 0 Å². The maximum Gasteiger partial charge on any atom is 0.119 e. The predicted octanol–water partition coefficient (Wildman–Crippen LogP) is 3.37. The number of hydrogen-bond donors (Lipinski definition) is 1. The molecule has 2 rings (SSSR count). The van der Waals surface area contributed by atoms with Gasteiger partial charge in [-0.1, -0.05) is 19.3 Å². The van der Waals surface area contributed by atoms with Gasteiger partial charge in [0, 0.05) is 12.0 Å². The molecule has 0 aliphatic heterocycles. The van der Waals surface area contributed by atoms with Crippen LogP contribution in [0.2, 0.25) is 0 Å². The summed E-state index contributed by atoms with van der Waals surface area (Å²) in [5, 5.41) is 0. The second kappa shape index (κ2) is 6.80. The number of hydrogen-bond acceptors (Lipinski definition) is 3. The van der Waals surface area contributed by atoms with Crippen molar-refractivity contribution >= 4 is 0 Å². The minimum atomic E-state index is 0.191. The largest absolute Gasteiger partial charge is 0.494 e. The van der Waals surface area contributed by atoms with E-state index >= 15 is 0 Å². The number of nitrogens with two attached hydrogens (primary N) is 1. The molecule has 2 N–H and O–H groups in total. The molecule has 0 spiro atoms. The summed E-state index contributed by atoms with van der Waals surface area (Å²) in [6, 6.07) is 7.85. The fourth-order valence-electron chi connectivity index (χ4n) is 2.74. The Hall–Kier alpha value is -1.22. The molecule has 1 aliphatic rings. The van der Waals surface area contributed by atoms with E-state index in [1.54, 1.807) is 0 Å². The van der Waals surface area contributed by atoms with Crippen molar-refractivity contribution < 1.29 is 9.47 Å². The maximum absolute atomic E-state index is 5.97. The lowest BCUT2D eigenvalue weighted by atomic mass is 9.75. The van der Waals surface area contributed by atoms with Gasteiger partial charge in [0.15, 0.2) is 0 Å². The lowest BCUT2D eigenvalue weighted by Crippen LogP contribution is -2.38. The van der Waals surface area contributed by atoms with Gasteiger partial charge >= 0.3 is 0 Å². The van der Waals surface area contributed by atoms with Gasteiger partial charge in [0.1, 0.15) is 11.5 Å². The molecular weight excluding hydrogens is 238 g/mol. The molecule has 0 heterocycles. The van der Waals surface area contributed by atoms with Crippen molar-refractivity contribution in [2.75, 3.05) is 19.8 Å². The minimum Gasteiger partial charge on any atom is -0.494 e. The molecule has 1 aliphatic carbocycles. The third kappa shape index (κ3) is 3.87. The summed E-state index contributed by atoms with van der Waals surface area (Å²) in [7, 11) is 0. The molecule has 0 radical (unpaired) electrons. The number of ether oxygens (including phenoxy) is 2. The van der Waals surface area contributed by atoms with Crippen LogP contribution in [0.3, 0.4) is 0 Å². The smallest absolute Gasteiger partial charge is 0.119 e. The topological polar surface area (TPSA) is 44.5 Å². The Bertz CT molecular complexity index is 369. The second-order valence-corrected chi connectivity index (χ2v) is 5.46. The van der Waals surface area contributed by atoms with Crippen molar-refractivity contribution in [3.05, 3.63) is 24.3 Å². The Balaban J connectivity index is 1.89. The van der Waals surface area contributed by atoms with Crippen molar-refractivity contribution in [1.29, 1.82) is 0 Å². The standard InChI is InChI=1S/C16H25NO2/c1-2-18-14-6-8-15(9-7-14)19-13-16(12-17)10-4-3-5-11-16/h6-9H,2-5,10-13,17H2,1H3. The number of benzene rings is 1. The summed E-state index contributed by atoms with van der Waals surface area (Å²) in [6.07, 6.45) is 6.29. The van der Waals surface area contributed by atoms with Crippen LogP contribution in [-0.4, -0.2) is 19.8 Å². The Morgan fingerprint density at radius 3 is 2.11 bits per heavy atom. The van der Waals surface area contributed by atoms with E-state index in [-0.39, 0.29) is 5.41 Å². The fraction of sp³-hybridized carbons (Fsp3) is 0.625. The van der Waals surface area contributed by atoms with Gasteiger partial charge < -0.3 is 15.2 Å². The minimum absolute atomic E-state index is 0.191. The van der Waals surface area contributed by atoms with Crippen molar-refractivity contribution in [1.82, 2.24) is 0 Å². The highest BCUT2D eigenvalue weighted by Gasteiger charge is 2.31. The third-order valence-corrected chi connectivity index (χ3v) is 4.03. The number of rotatable bonds is 6. The van der Waals surface area contributed by atoms with Crippen molar-refractivity contribution in [2.24, 2.45) is 11.1 Å². The molecule has 19 heavy (non-hydrogen) atoms. The zero-order chi connectivity index (χ0) is 13.6. The van der Waals surface area contributed by atoms with Crippen molar-refractivity contribution in [3.63, 3.8) is 0 Å². The van der Waals surface area contributed by atoms with E-state index in [9.17, 15) is 0 Å². The van der Waals surface area contributed by atoms with Gasteiger partial charge in [0.05, 0.1) is 13.2 Å². The van der Waals surface area contributed by atoms with Gasteiger partial charge in [-0.15, -0.1) is 0 Å². The molecule has 0 aromatic heterocycles. The lowest BCUT2D eigenvalue weighted by Gasteiger charge is -2.35. The van der Waals surface area contributed by atoms with Crippen molar-refractivity contribution in [2.45, 2.75) is 39.0 Å². The molecule has 1 aromatic carbocycles. The average molecular weight is 263 g/mol. The summed E-state index contributed by atoms with van der Waals surface area (Å²) >= 11 is 0. The van der Waals surface area contributed by atoms with Crippen LogP contribution in [0.15, 0.2) is 24.3 Å². The summed E-state index contributed by atoms with van der Waals surface area (Å²) in [4.78, 5) is 0. The summed E-state index contributed by atoms with van der Waals surface area (Å²) in [5.41, 5.74) is 6.16. The van der Waals surface area contributed by atoms with Gasteiger partial charge in [-0.25, -0.2) is 0 Å². The Labute approximate surface area is 116 Å². The summed E-state index contributed by atoms with van der Waals surface area (Å²) < 4.78 is 11.4. The van der Waals surface area contributed by atoms with Crippen molar-refractivity contribution in [3.8, 4) is 11.5 Å². The zero-order valence-electron chi connectivity index (χ0n) is 11.9. The van der Waals surface area contributed by atoms with Crippen LogP contribution in [0.5, 0.6) is 11.5 Å². The quantitative estimate of drug-likeness (QED) is 0.855. The van der Waals surface area contributed by atoms with E-state index in [0.29, 0.717) is 6.61 Å². The first-order valence-corrected chi connectivity index (χ1v) is 7.34. The molecule has 0 unspecified atom stereocenters. The van der Waals surface area contributed by atoms with Crippen LogP contribution in [0.4, 0.5) is 0 Å². The molecule has 0 atom stereocenters. The van der Waals surface area contributed by atoms with Crippen LogP contribution in [0.25, 0.3) is 0 Å². The van der Waals surface area contributed by atoms with E-state index in [2.05, 4.69) is 0 Å².